The molecular formula is C14H21BrN2O. The van der Waals surface area contributed by atoms with Gasteiger partial charge in [-0.25, -0.2) is 0 Å². The molecule has 100 valence electrons. The number of rotatable bonds is 5. The van der Waals surface area contributed by atoms with Gasteiger partial charge in [0.05, 0.1) is 6.04 Å². The van der Waals surface area contributed by atoms with Gasteiger partial charge in [-0.3, -0.25) is 4.79 Å². The number of halogens is 1. The number of nitrogens with zero attached hydrogens (tertiary/aromatic N) is 1. The molecule has 0 spiro atoms. The second-order valence-electron chi connectivity index (χ2n) is 4.91. The van der Waals surface area contributed by atoms with Gasteiger partial charge in [0.15, 0.2) is 0 Å². The van der Waals surface area contributed by atoms with Crippen LogP contribution in [0.2, 0.25) is 0 Å². The molecule has 0 fully saturated rings. The fraction of sp³-hybridized carbons (Fsp3) is 0.500. The zero-order chi connectivity index (χ0) is 13.7. The average molecular weight is 313 g/mol. The van der Waals surface area contributed by atoms with Gasteiger partial charge in [0.2, 0.25) is 5.91 Å². The van der Waals surface area contributed by atoms with Crippen LogP contribution in [0.15, 0.2) is 28.7 Å². The van der Waals surface area contributed by atoms with Crippen molar-refractivity contribution in [2.24, 2.45) is 11.7 Å². The van der Waals surface area contributed by atoms with Crippen LogP contribution in [0.25, 0.3) is 0 Å². The lowest BCUT2D eigenvalue weighted by Crippen LogP contribution is -2.45. The largest absolute Gasteiger partial charge is 0.344 e. The highest BCUT2D eigenvalue weighted by Gasteiger charge is 2.20. The fourth-order valence-corrected chi connectivity index (χ4v) is 2.09. The van der Waals surface area contributed by atoms with E-state index in [0.717, 1.165) is 10.9 Å². The molecule has 0 aliphatic heterocycles. The van der Waals surface area contributed by atoms with E-state index in [-0.39, 0.29) is 11.8 Å². The summed E-state index contributed by atoms with van der Waals surface area (Å²) in [7, 11) is 1.81. The maximum atomic E-state index is 12.0. The van der Waals surface area contributed by atoms with Crippen molar-refractivity contribution >= 4 is 21.8 Å². The van der Waals surface area contributed by atoms with Crippen LogP contribution in [0.3, 0.4) is 0 Å². The van der Waals surface area contributed by atoms with Crippen LogP contribution in [0, 0.1) is 5.92 Å². The molecule has 4 heteroatoms. The lowest BCUT2D eigenvalue weighted by atomic mass is 10.0. The van der Waals surface area contributed by atoms with Gasteiger partial charge in [0.25, 0.3) is 0 Å². The van der Waals surface area contributed by atoms with Gasteiger partial charge < -0.3 is 10.6 Å². The van der Waals surface area contributed by atoms with Gasteiger partial charge in [-0.1, -0.05) is 41.9 Å². The Morgan fingerprint density at radius 2 is 2.11 bits per heavy atom. The Morgan fingerprint density at radius 3 is 2.67 bits per heavy atom. The Kier molecular flexibility index (Phi) is 5.82. The predicted octanol–water partition coefficient (Wildman–Crippen LogP) is 2.43. The van der Waals surface area contributed by atoms with E-state index < -0.39 is 6.04 Å². The van der Waals surface area contributed by atoms with Crippen molar-refractivity contribution in [3.8, 4) is 0 Å². The number of nitrogens with two attached hydrogens (primary N) is 1. The number of carbonyl (C=O) groups excluding carboxylic acids is 1. The molecule has 1 aromatic carbocycles. The molecule has 3 nitrogen and oxygen atoms in total. The number of likely N-dealkylation sites (N-methyl/N-ethyl adjacent to an activating group) is 1. The first-order chi connectivity index (χ1) is 8.41. The highest BCUT2D eigenvalue weighted by atomic mass is 79.9. The summed E-state index contributed by atoms with van der Waals surface area (Å²) < 4.78 is 1.06. The third-order valence-corrected chi connectivity index (χ3v) is 3.50. The summed E-state index contributed by atoms with van der Waals surface area (Å²) in [5, 5.41) is 0. The molecule has 0 saturated carbocycles. The van der Waals surface area contributed by atoms with Crippen LogP contribution in [0.5, 0.6) is 0 Å². The number of carbonyl (C=O) groups is 1. The number of amides is 1. The maximum Gasteiger partial charge on any atom is 0.239 e. The molecule has 0 radical (unpaired) electrons. The Hall–Kier alpha value is -0.870. The zero-order valence-electron chi connectivity index (χ0n) is 11.2. The van der Waals surface area contributed by atoms with Gasteiger partial charge in [0, 0.05) is 18.1 Å². The topological polar surface area (TPSA) is 46.3 Å². The molecule has 1 aromatic rings. The van der Waals surface area contributed by atoms with Crippen LogP contribution in [-0.4, -0.2) is 30.4 Å². The van der Waals surface area contributed by atoms with Crippen molar-refractivity contribution in [1.29, 1.82) is 0 Å². The smallest absolute Gasteiger partial charge is 0.239 e. The zero-order valence-corrected chi connectivity index (χ0v) is 12.8. The lowest BCUT2D eigenvalue weighted by molar-refractivity contribution is -0.132. The van der Waals surface area contributed by atoms with Crippen molar-refractivity contribution < 1.29 is 4.79 Å². The van der Waals surface area contributed by atoms with Crippen LogP contribution < -0.4 is 5.73 Å². The van der Waals surface area contributed by atoms with Gasteiger partial charge in [0.1, 0.15) is 0 Å². The maximum absolute atomic E-state index is 12.0. The molecule has 1 rings (SSSR count). The first-order valence-corrected chi connectivity index (χ1v) is 6.96. The second kappa shape index (κ2) is 6.90. The predicted molar refractivity (Wildman–Crippen MR) is 78.3 cm³/mol. The Bertz CT molecular complexity index is 407. The van der Waals surface area contributed by atoms with Crippen LogP contribution in [0.4, 0.5) is 0 Å². The van der Waals surface area contributed by atoms with Gasteiger partial charge in [-0.05, 0) is 30.0 Å². The molecule has 18 heavy (non-hydrogen) atoms. The quantitative estimate of drug-likeness (QED) is 0.907. The first kappa shape index (κ1) is 15.2. The van der Waals surface area contributed by atoms with Gasteiger partial charge >= 0.3 is 0 Å². The number of hydrogen-bond donors (Lipinski definition) is 1. The normalized spacial score (nSPS) is 12.6. The summed E-state index contributed by atoms with van der Waals surface area (Å²) in [4.78, 5) is 13.7. The van der Waals surface area contributed by atoms with E-state index in [1.54, 1.807) is 4.90 Å². The Labute approximate surface area is 117 Å². The molecule has 1 atom stereocenters. The van der Waals surface area contributed by atoms with Crippen molar-refractivity contribution in [3.05, 3.63) is 34.3 Å². The summed E-state index contributed by atoms with van der Waals surface area (Å²) in [5.41, 5.74) is 7.07. The summed E-state index contributed by atoms with van der Waals surface area (Å²) in [6.45, 7) is 4.62. The van der Waals surface area contributed by atoms with E-state index in [9.17, 15) is 4.79 Å². The Morgan fingerprint density at radius 1 is 1.44 bits per heavy atom. The average Bonchev–Trinajstić information content (AvgIpc) is 2.34. The van der Waals surface area contributed by atoms with E-state index in [4.69, 9.17) is 5.73 Å². The molecule has 0 bridgehead atoms. The van der Waals surface area contributed by atoms with Crippen LogP contribution in [0.1, 0.15) is 19.4 Å². The summed E-state index contributed by atoms with van der Waals surface area (Å²) in [6.07, 6.45) is 0.840. The molecule has 2 N–H and O–H groups in total. The minimum absolute atomic E-state index is 0.0139. The lowest BCUT2D eigenvalue weighted by Gasteiger charge is -2.23. The monoisotopic (exact) mass is 312 g/mol. The summed E-state index contributed by atoms with van der Waals surface area (Å²) in [5.74, 6) is 0.186. The van der Waals surface area contributed by atoms with Crippen molar-refractivity contribution in [2.45, 2.75) is 26.3 Å². The highest BCUT2D eigenvalue weighted by Crippen LogP contribution is 2.12. The van der Waals surface area contributed by atoms with E-state index >= 15 is 0 Å². The minimum Gasteiger partial charge on any atom is -0.344 e. The van der Waals surface area contributed by atoms with Crippen molar-refractivity contribution in [3.63, 3.8) is 0 Å². The van der Waals surface area contributed by atoms with Crippen LogP contribution in [-0.2, 0) is 11.2 Å². The second-order valence-corrected chi connectivity index (χ2v) is 5.83. The molecule has 1 unspecified atom stereocenters. The highest BCUT2D eigenvalue weighted by molar-refractivity contribution is 9.10. The molecule has 0 aliphatic rings. The molecule has 0 saturated heterocycles. The number of hydrogen-bond acceptors (Lipinski definition) is 2. The standard InChI is InChI=1S/C14H21BrN2O/c1-10(2)13(16)14(18)17(3)8-7-11-5-4-6-12(15)9-11/h4-6,9-10,13H,7-8,16H2,1-3H3. The summed E-state index contributed by atoms with van der Waals surface area (Å²) >= 11 is 3.44. The third-order valence-electron chi connectivity index (χ3n) is 3.00. The van der Waals surface area contributed by atoms with Gasteiger partial charge in [-0.15, -0.1) is 0 Å². The van der Waals surface area contributed by atoms with Crippen molar-refractivity contribution in [2.75, 3.05) is 13.6 Å². The van der Waals surface area contributed by atoms with Crippen molar-refractivity contribution in [1.82, 2.24) is 4.90 Å². The SMILES string of the molecule is CC(C)C(N)C(=O)N(C)CCc1cccc(Br)c1. The molecular weight excluding hydrogens is 292 g/mol. The van der Waals surface area contributed by atoms with Crippen LogP contribution >= 0.6 is 15.9 Å². The number of benzene rings is 1. The summed E-state index contributed by atoms with van der Waals surface area (Å²) in [6, 6.07) is 7.72. The minimum atomic E-state index is -0.405. The molecule has 0 aliphatic carbocycles. The van der Waals surface area contributed by atoms with E-state index in [1.807, 2.05) is 33.0 Å². The van der Waals surface area contributed by atoms with E-state index in [2.05, 4.69) is 28.1 Å². The third kappa shape index (κ3) is 4.42. The fourth-order valence-electron chi connectivity index (χ4n) is 1.64. The van der Waals surface area contributed by atoms with E-state index in [0.29, 0.717) is 6.54 Å². The molecule has 0 heterocycles. The first-order valence-electron chi connectivity index (χ1n) is 6.17. The van der Waals surface area contributed by atoms with E-state index in [1.165, 1.54) is 5.56 Å². The Balaban J connectivity index is 2.51. The van der Waals surface area contributed by atoms with Gasteiger partial charge in [-0.2, -0.15) is 0 Å². The molecule has 1 amide bonds. The molecule has 0 aromatic heterocycles.